The summed E-state index contributed by atoms with van der Waals surface area (Å²) >= 11 is 1.38. The second-order valence-corrected chi connectivity index (χ2v) is 7.68. The van der Waals surface area contributed by atoms with Crippen LogP contribution in [0.15, 0.2) is 0 Å². The number of aliphatic hydroxyl groups is 1. The predicted octanol–water partition coefficient (Wildman–Crippen LogP) is -2.13. The summed E-state index contributed by atoms with van der Waals surface area (Å²) in [6, 6.07) is -4.92. The van der Waals surface area contributed by atoms with E-state index in [1.165, 1.54) is 25.6 Å². The number of carbonyl (C=O) groups is 5. The lowest BCUT2D eigenvalue weighted by atomic mass is 10.1. The first kappa shape index (κ1) is 27.6. The first-order chi connectivity index (χ1) is 13.9. The van der Waals surface area contributed by atoms with Crippen molar-refractivity contribution in [3.63, 3.8) is 0 Å². The van der Waals surface area contributed by atoms with Crippen molar-refractivity contribution in [1.82, 2.24) is 16.0 Å². The van der Waals surface area contributed by atoms with E-state index in [2.05, 4.69) is 16.0 Å². The summed E-state index contributed by atoms with van der Waals surface area (Å²) in [5.74, 6) is -4.54. The molecule has 0 saturated carbocycles. The summed E-state index contributed by atoms with van der Waals surface area (Å²) in [4.78, 5) is 58.9. The van der Waals surface area contributed by atoms with Gasteiger partial charge in [-0.2, -0.15) is 11.8 Å². The Labute approximate surface area is 178 Å². The van der Waals surface area contributed by atoms with Crippen LogP contribution in [0, 0.1) is 0 Å². The van der Waals surface area contributed by atoms with Crippen LogP contribution in [0.4, 0.5) is 0 Å². The Kier molecular flexibility index (Phi) is 12.7. The van der Waals surface area contributed by atoms with Crippen LogP contribution < -0.4 is 21.7 Å². The van der Waals surface area contributed by atoms with Crippen LogP contribution >= 0.6 is 11.8 Å². The Balaban J connectivity index is 5.32. The Hall–Kier alpha value is -2.38. The number of rotatable bonds is 14. The number of nitrogens with two attached hydrogens (primary N) is 1. The zero-order valence-electron chi connectivity index (χ0n) is 17.1. The molecule has 12 nitrogen and oxygen atoms in total. The minimum absolute atomic E-state index is 0.137. The van der Waals surface area contributed by atoms with Gasteiger partial charge in [0.25, 0.3) is 0 Å². The average molecular weight is 451 g/mol. The van der Waals surface area contributed by atoms with Gasteiger partial charge in [-0.3, -0.25) is 19.2 Å². The molecule has 0 aromatic carbocycles. The van der Waals surface area contributed by atoms with E-state index in [4.69, 9.17) is 10.8 Å². The van der Waals surface area contributed by atoms with Crippen molar-refractivity contribution in [2.24, 2.45) is 5.73 Å². The van der Waals surface area contributed by atoms with E-state index < -0.39 is 66.4 Å². The van der Waals surface area contributed by atoms with Crippen LogP contribution in [0.25, 0.3) is 0 Å². The van der Waals surface area contributed by atoms with Crippen molar-refractivity contribution in [1.29, 1.82) is 0 Å². The summed E-state index contributed by atoms with van der Waals surface area (Å²) in [6.07, 6.45) is -0.185. The molecule has 3 amide bonds. The fourth-order valence-corrected chi connectivity index (χ4v) is 2.72. The van der Waals surface area contributed by atoms with Crippen molar-refractivity contribution < 1.29 is 39.3 Å². The highest BCUT2D eigenvalue weighted by Crippen LogP contribution is 2.05. The van der Waals surface area contributed by atoms with Gasteiger partial charge in [-0.05, 0) is 38.7 Å². The van der Waals surface area contributed by atoms with Crippen LogP contribution in [-0.4, -0.2) is 87.3 Å². The number of aliphatic carboxylic acids is 2. The minimum atomic E-state index is -1.45. The second kappa shape index (κ2) is 13.8. The Morgan fingerprint density at radius 3 is 1.90 bits per heavy atom. The molecule has 8 N–H and O–H groups in total. The SMILES string of the molecule is CSCCC(NC(=O)C(NC(=O)C(C)N)C(C)O)C(=O)NC(CCC(=O)O)C(=O)O. The van der Waals surface area contributed by atoms with Gasteiger partial charge in [0.1, 0.15) is 18.1 Å². The normalized spacial score (nSPS) is 15.8. The molecule has 0 aliphatic rings. The minimum Gasteiger partial charge on any atom is -0.481 e. The molecule has 0 spiro atoms. The molecular formula is C17H30N4O8S. The molecule has 0 heterocycles. The zero-order valence-corrected chi connectivity index (χ0v) is 17.9. The van der Waals surface area contributed by atoms with Crippen LogP contribution in [-0.2, 0) is 24.0 Å². The number of hydrogen-bond donors (Lipinski definition) is 7. The van der Waals surface area contributed by atoms with Gasteiger partial charge in [0.05, 0.1) is 12.1 Å². The number of carbonyl (C=O) groups excluding carboxylic acids is 3. The number of nitrogens with one attached hydrogen (secondary N) is 3. The van der Waals surface area contributed by atoms with Gasteiger partial charge in [0.2, 0.25) is 17.7 Å². The third-order valence-electron chi connectivity index (χ3n) is 3.98. The molecule has 0 bridgehead atoms. The summed E-state index contributed by atoms with van der Waals surface area (Å²) in [5.41, 5.74) is 5.44. The highest BCUT2D eigenvalue weighted by molar-refractivity contribution is 7.98. The van der Waals surface area contributed by atoms with Crippen molar-refractivity contribution >= 4 is 41.4 Å². The lowest BCUT2D eigenvalue weighted by Crippen LogP contribution is -2.59. The molecule has 0 aromatic heterocycles. The van der Waals surface area contributed by atoms with Gasteiger partial charge in [0, 0.05) is 6.42 Å². The van der Waals surface area contributed by atoms with Crippen molar-refractivity contribution in [2.75, 3.05) is 12.0 Å². The summed E-state index contributed by atoms with van der Waals surface area (Å²) in [5, 5.41) is 34.6. The van der Waals surface area contributed by atoms with Crippen molar-refractivity contribution in [2.45, 2.75) is 63.4 Å². The maximum absolute atomic E-state index is 12.6. The first-order valence-corrected chi connectivity index (χ1v) is 10.6. The Bertz CT molecular complexity index is 629. The quantitative estimate of drug-likeness (QED) is 0.153. The largest absolute Gasteiger partial charge is 0.481 e. The van der Waals surface area contributed by atoms with Crippen LogP contribution in [0.3, 0.4) is 0 Å². The number of thioether (sulfide) groups is 1. The maximum Gasteiger partial charge on any atom is 0.326 e. The molecule has 0 aromatic rings. The Morgan fingerprint density at radius 2 is 1.47 bits per heavy atom. The zero-order chi connectivity index (χ0) is 23.4. The van der Waals surface area contributed by atoms with Gasteiger partial charge >= 0.3 is 11.9 Å². The number of hydrogen-bond acceptors (Lipinski definition) is 8. The molecule has 0 fully saturated rings. The van der Waals surface area contributed by atoms with Crippen molar-refractivity contribution in [3.05, 3.63) is 0 Å². The standard InChI is InChI=1S/C17H30N4O8S/c1-8(18)14(25)21-13(9(2)22)16(27)19-10(6-7-30-3)15(26)20-11(17(28)29)4-5-12(23)24/h8-11,13,22H,4-7,18H2,1-3H3,(H,19,27)(H,20,26)(H,21,25)(H,23,24)(H,28,29). The van der Waals surface area contributed by atoms with Crippen LogP contribution in [0.5, 0.6) is 0 Å². The highest BCUT2D eigenvalue weighted by atomic mass is 32.2. The van der Waals surface area contributed by atoms with E-state index in [9.17, 15) is 34.2 Å². The molecule has 5 unspecified atom stereocenters. The molecule has 0 saturated heterocycles. The smallest absolute Gasteiger partial charge is 0.326 e. The number of carboxylic acid groups (broad SMARTS) is 2. The molecule has 0 radical (unpaired) electrons. The van der Waals surface area contributed by atoms with Gasteiger partial charge in [-0.15, -0.1) is 0 Å². The molecule has 0 aliphatic heterocycles. The lowest BCUT2D eigenvalue weighted by molar-refractivity contribution is -0.143. The van der Waals surface area contributed by atoms with Crippen molar-refractivity contribution in [3.8, 4) is 0 Å². The molecule has 13 heteroatoms. The fourth-order valence-electron chi connectivity index (χ4n) is 2.25. The van der Waals surface area contributed by atoms with E-state index in [0.29, 0.717) is 5.75 Å². The van der Waals surface area contributed by atoms with Gasteiger partial charge < -0.3 is 37.0 Å². The third-order valence-corrected chi connectivity index (χ3v) is 4.63. The molecular weight excluding hydrogens is 420 g/mol. The number of carboxylic acids is 2. The average Bonchev–Trinajstić information content (AvgIpc) is 2.64. The lowest BCUT2D eigenvalue weighted by Gasteiger charge is -2.26. The summed E-state index contributed by atoms with van der Waals surface area (Å²) in [6.45, 7) is 2.67. The molecule has 30 heavy (non-hydrogen) atoms. The monoisotopic (exact) mass is 450 g/mol. The van der Waals surface area contributed by atoms with Crippen LogP contribution in [0.1, 0.15) is 33.1 Å². The fraction of sp³-hybridized carbons (Fsp3) is 0.706. The predicted molar refractivity (Wildman–Crippen MR) is 109 cm³/mol. The first-order valence-electron chi connectivity index (χ1n) is 9.19. The molecule has 172 valence electrons. The van der Waals surface area contributed by atoms with E-state index in [-0.39, 0.29) is 12.8 Å². The van der Waals surface area contributed by atoms with E-state index in [0.717, 1.165) is 0 Å². The van der Waals surface area contributed by atoms with E-state index in [1.54, 1.807) is 6.26 Å². The van der Waals surface area contributed by atoms with Gasteiger partial charge in [0.15, 0.2) is 0 Å². The molecule has 0 aliphatic carbocycles. The van der Waals surface area contributed by atoms with E-state index in [1.807, 2.05) is 0 Å². The van der Waals surface area contributed by atoms with Crippen LogP contribution in [0.2, 0.25) is 0 Å². The number of aliphatic hydroxyl groups excluding tert-OH is 1. The third kappa shape index (κ3) is 10.4. The molecule has 0 rings (SSSR count). The summed E-state index contributed by atoms with van der Waals surface area (Å²) < 4.78 is 0. The Morgan fingerprint density at radius 1 is 0.900 bits per heavy atom. The second-order valence-electron chi connectivity index (χ2n) is 6.69. The molecule has 5 atom stereocenters. The number of amides is 3. The highest BCUT2D eigenvalue weighted by Gasteiger charge is 2.31. The van der Waals surface area contributed by atoms with Gasteiger partial charge in [-0.1, -0.05) is 0 Å². The topological polar surface area (TPSA) is 208 Å². The van der Waals surface area contributed by atoms with Gasteiger partial charge in [-0.25, -0.2) is 4.79 Å². The maximum atomic E-state index is 12.6. The summed E-state index contributed by atoms with van der Waals surface area (Å²) in [7, 11) is 0. The van der Waals surface area contributed by atoms with E-state index >= 15 is 0 Å².